The molecule has 0 heterocycles. The third-order valence-electron chi connectivity index (χ3n) is 8.47. The van der Waals surface area contributed by atoms with E-state index in [0.29, 0.717) is 0 Å². The van der Waals surface area contributed by atoms with Gasteiger partial charge in [-0.15, -0.1) is 0 Å². The Hall–Kier alpha value is -0.570. The van der Waals surface area contributed by atoms with E-state index in [2.05, 4.69) is 34.6 Å². The molecular weight excluding hydrogens is 430 g/mol. The van der Waals surface area contributed by atoms with Gasteiger partial charge in [0.15, 0.2) is 0 Å². The molecule has 2 unspecified atom stereocenters. The zero-order valence-electron chi connectivity index (χ0n) is 25.2. The van der Waals surface area contributed by atoms with E-state index >= 15 is 0 Å². The van der Waals surface area contributed by atoms with Crippen molar-refractivity contribution in [3.8, 4) is 0 Å². The number of hydrogen-bond acceptors (Lipinski definition) is 2. The first-order valence-corrected chi connectivity index (χ1v) is 15.6. The highest BCUT2D eigenvalue weighted by atomic mass is 16.4. The van der Waals surface area contributed by atoms with Crippen molar-refractivity contribution in [3.05, 3.63) is 0 Å². The molecule has 4 N–H and O–H groups in total. The molecule has 35 heavy (non-hydrogen) atoms. The average molecular weight is 498 g/mol. The minimum absolute atomic E-state index is 0. The number of carboxylic acid groups (broad SMARTS) is 1. The van der Waals surface area contributed by atoms with E-state index in [0.717, 1.165) is 25.7 Å². The van der Waals surface area contributed by atoms with E-state index in [-0.39, 0.29) is 18.0 Å². The van der Waals surface area contributed by atoms with Crippen LogP contribution in [0.15, 0.2) is 0 Å². The van der Waals surface area contributed by atoms with Gasteiger partial charge in [0.2, 0.25) is 0 Å². The summed E-state index contributed by atoms with van der Waals surface area (Å²) in [5.74, 6) is -0.457. The van der Waals surface area contributed by atoms with Gasteiger partial charge in [0, 0.05) is 11.4 Å². The SMILES string of the molecule is CCCCCCCCCCCCCCCC(C)C(CCCCCCCCCC)(C(=O)[O-])C(C)C.[NH4+]. The van der Waals surface area contributed by atoms with Gasteiger partial charge >= 0.3 is 0 Å². The Labute approximate surface area is 221 Å². The van der Waals surface area contributed by atoms with E-state index in [1.807, 2.05) is 0 Å². The van der Waals surface area contributed by atoms with Crippen LogP contribution < -0.4 is 11.3 Å². The fourth-order valence-electron chi connectivity index (χ4n) is 5.92. The molecule has 0 aromatic carbocycles. The Morgan fingerprint density at radius 3 is 1.20 bits per heavy atom. The van der Waals surface area contributed by atoms with Crippen molar-refractivity contribution in [2.75, 3.05) is 0 Å². The molecule has 0 spiro atoms. The molecule has 0 radical (unpaired) electrons. The van der Waals surface area contributed by atoms with E-state index in [9.17, 15) is 9.90 Å². The monoisotopic (exact) mass is 498 g/mol. The van der Waals surface area contributed by atoms with Crippen LogP contribution in [0, 0.1) is 17.3 Å². The molecule has 0 amide bonds. The summed E-state index contributed by atoms with van der Waals surface area (Å²) in [5, 5.41) is 12.4. The number of hydrogen-bond donors (Lipinski definition) is 1. The summed E-state index contributed by atoms with van der Waals surface area (Å²) in [6.07, 6.45) is 29.6. The molecule has 0 aromatic rings. The van der Waals surface area contributed by atoms with Gasteiger partial charge in [-0.25, -0.2) is 0 Å². The molecule has 2 atom stereocenters. The highest BCUT2D eigenvalue weighted by Crippen LogP contribution is 2.43. The molecular formula is C32H67NO2. The van der Waals surface area contributed by atoms with E-state index < -0.39 is 11.4 Å². The van der Waals surface area contributed by atoms with Gasteiger partial charge in [-0.2, -0.15) is 0 Å². The lowest BCUT2D eigenvalue weighted by Crippen LogP contribution is -2.50. The van der Waals surface area contributed by atoms with Crippen molar-refractivity contribution in [2.24, 2.45) is 17.3 Å². The van der Waals surface area contributed by atoms with Gasteiger partial charge in [0.25, 0.3) is 0 Å². The number of carbonyl (C=O) groups is 1. The van der Waals surface area contributed by atoms with Crippen molar-refractivity contribution in [2.45, 2.75) is 182 Å². The van der Waals surface area contributed by atoms with Crippen molar-refractivity contribution < 1.29 is 9.90 Å². The lowest BCUT2D eigenvalue weighted by molar-refractivity contribution is -0.325. The van der Waals surface area contributed by atoms with E-state index in [4.69, 9.17) is 0 Å². The molecule has 3 nitrogen and oxygen atoms in total. The third kappa shape index (κ3) is 17.5. The number of carbonyl (C=O) groups excluding carboxylic acids is 1. The molecule has 0 bridgehead atoms. The van der Waals surface area contributed by atoms with Crippen LogP contribution in [0.4, 0.5) is 0 Å². The van der Waals surface area contributed by atoms with Crippen molar-refractivity contribution >= 4 is 5.97 Å². The van der Waals surface area contributed by atoms with Crippen LogP contribution in [0.25, 0.3) is 0 Å². The molecule has 0 aliphatic carbocycles. The molecule has 0 fully saturated rings. The maximum absolute atomic E-state index is 12.4. The quantitative estimate of drug-likeness (QED) is 0.121. The van der Waals surface area contributed by atoms with Gasteiger partial charge < -0.3 is 16.1 Å². The van der Waals surface area contributed by atoms with Crippen LogP contribution in [0.5, 0.6) is 0 Å². The Morgan fingerprint density at radius 2 is 0.886 bits per heavy atom. The minimum Gasteiger partial charge on any atom is -0.550 e. The normalized spacial score (nSPS) is 14.0. The van der Waals surface area contributed by atoms with Crippen LogP contribution in [0.1, 0.15) is 182 Å². The maximum Gasteiger partial charge on any atom is 0.0481 e. The van der Waals surface area contributed by atoms with Crippen LogP contribution in [-0.4, -0.2) is 5.97 Å². The van der Waals surface area contributed by atoms with Crippen molar-refractivity contribution in [1.29, 1.82) is 0 Å². The van der Waals surface area contributed by atoms with Crippen LogP contribution in [0.3, 0.4) is 0 Å². The minimum atomic E-state index is -0.798. The van der Waals surface area contributed by atoms with Gasteiger partial charge in [-0.3, -0.25) is 0 Å². The second-order valence-corrected chi connectivity index (χ2v) is 11.6. The fourth-order valence-corrected chi connectivity index (χ4v) is 5.92. The summed E-state index contributed by atoms with van der Waals surface area (Å²) in [6, 6.07) is 0. The Kier molecular flexibility index (Phi) is 26.2. The smallest absolute Gasteiger partial charge is 0.0481 e. The molecule has 0 rings (SSSR count). The summed E-state index contributed by atoms with van der Waals surface area (Å²) in [4.78, 5) is 12.4. The predicted molar refractivity (Wildman–Crippen MR) is 155 cm³/mol. The first-order chi connectivity index (χ1) is 16.4. The summed E-state index contributed by atoms with van der Waals surface area (Å²) < 4.78 is 0. The highest BCUT2D eigenvalue weighted by Gasteiger charge is 2.39. The number of carboxylic acids is 1. The first kappa shape index (κ1) is 36.6. The number of quaternary nitrogens is 1. The molecule has 0 saturated heterocycles. The summed E-state index contributed by atoms with van der Waals surface area (Å²) >= 11 is 0. The van der Waals surface area contributed by atoms with Crippen LogP contribution in [0.2, 0.25) is 0 Å². The van der Waals surface area contributed by atoms with Crippen LogP contribution >= 0.6 is 0 Å². The van der Waals surface area contributed by atoms with Gasteiger partial charge in [0.1, 0.15) is 0 Å². The summed E-state index contributed by atoms with van der Waals surface area (Å²) in [7, 11) is 0. The predicted octanol–water partition coefficient (Wildman–Crippen LogP) is 10.4. The Balaban J connectivity index is 0. The topological polar surface area (TPSA) is 76.6 Å². The van der Waals surface area contributed by atoms with E-state index in [1.165, 1.54) is 122 Å². The fraction of sp³-hybridized carbons (Fsp3) is 0.969. The zero-order chi connectivity index (χ0) is 25.5. The standard InChI is InChI=1S/C32H64O2.H3N/c1-6-8-10-12-14-16-17-18-19-20-21-23-25-27-30(5)32(29(3)4,31(33)34)28-26-24-22-15-13-11-9-7-2;/h29-30H,6-28H2,1-5H3,(H,33,34);1H3. The lowest BCUT2D eigenvalue weighted by Gasteiger charge is -2.44. The van der Waals surface area contributed by atoms with Crippen molar-refractivity contribution in [3.63, 3.8) is 0 Å². The van der Waals surface area contributed by atoms with Gasteiger partial charge in [-0.05, 0) is 24.7 Å². The molecule has 0 aliphatic heterocycles. The number of rotatable bonds is 26. The number of unbranched alkanes of at least 4 members (excludes halogenated alkanes) is 19. The van der Waals surface area contributed by atoms with Gasteiger partial charge in [-0.1, -0.05) is 169 Å². The zero-order valence-corrected chi connectivity index (χ0v) is 25.2. The molecule has 212 valence electrons. The van der Waals surface area contributed by atoms with Crippen molar-refractivity contribution in [1.82, 2.24) is 6.15 Å². The summed E-state index contributed by atoms with van der Waals surface area (Å²) in [6.45, 7) is 10.9. The molecule has 0 saturated carbocycles. The van der Waals surface area contributed by atoms with E-state index in [1.54, 1.807) is 0 Å². The molecule has 0 aliphatic rings. The Morgan fingerprint density at radius 1 is 0.571 bits per heavy atom. The second-order valence-electron chi connectivity index (χ2n) is 11.6. The molecule has 3 heteroatoms. The second kappa shape index (κ2) is 25.1. The maximum atomic E-state index is 12.4. The average Bonchev–Trinajstić information content (AvgIpc) is 2.80. The Bertz CT molecular complexity index is 451. The largest absolute Gasteiger partial charge is 0.550 e. The molecule has 0 aromatic heterocycles. The summed E-state index contributed by atoms with van der Waals surface area (Å²) in [5.41, 5.74) is -0.653. The first-order valence-electron chi connectivity index (χ1n) is 15.6. The van der Waals surface area contributed by atoms with Crippen LogP contribution in [-0.2, 0) is 4.79 Å². The van der Waals surface area contributed by atoms with Gasteiger partial charge in [0.05, 0.1) is 0 Å². The third-order valence-corrected chi connectivity index (χ3v) is 8.47. The lowest BCUT2D eigenvalue weighted by atomic mass is 9.64. The highest BCUT2D eigenvalue weighted by molar-refractivity contribution is 5.73. The number of aliphatic carboxylic acids is 1.